The van der Waals surface area contributed by atoms with Crippen LogP contribution in [0.25, 0.3) is 0 Å². The summed E-state index contributed by atoms with van der Waals surface area (Å²) in [5, 5.41) is 13.5. The van der Waals surface area contributed by atoms with E-state index in [0.29, 0.717) is 16.9 Å². The topological polar surface area (TPSA) is 85.1 Å². The Balaban J connectivity index is 2.22. The third-order valence-electron chi connectivity index (χ3n) is 2.61. The number of aryl methyl sites for hydroxylation is 1. The molecule has 1 aromatic heterocycles. The van der Waals surface area contributed by atoms with Gasteiger partial charge in [0.2, 0.25) is 0 Å². The van der Waals surface area contributed by atoms with Crippen LogP contribution in [-0.2, 0) is 0 Å². The maximum absolute atomic E-state index is 12.0. The number of amides is 1. The molecule has 1 amide bonds. The Kier molecular flexibility index (Phi) is 3.95. The molecule has 0 bridgehead atoms. The van der Waals surface area contributed by atoms with Crippen molar-refractivity contribution in [2.75, 3.05) is 5.32 Å². The second kappa shape index (κ2) is 5.66. The van der Waals surface area contributed by atoms with Gasteiger partial charge in [-0.25, -0.2) is 4.98 Å². The van der Waals surface area contributed by atoms with Crippen LogP contribution in [-0.4, -0.2) is 15.8 Å². The maximum atomic E-state index is 12.0. The minimum atomic E-state index is -0.491. The predicted octanol–water partition coefficient (Wildman–Crippen LogP) is 3.20. The number of rotatable bonds is 3. The molecule has 0 spiro atoms. The number of hydrogen-bond donors (Lipinski definition) is 1. The van der Waals surface area contributed by atoms with E-state index in [-0.39, 0.29) is 10.8 Å². The van der Waals surface area contributed by atoms with Crippen LogP contribution in [0.15, 0.2) is 36.4 Å². The first kappa shape index (κ1) is 14.0. The lowest BCUT2D eigenvalue weighted by atomic mass is 10.1. The highest BCUT2D eigenvalue weighted by Crippen LogP contribution is 2.19. The summed E-state index contributed by atoms with van der Waals surface area (Å²) in [6.45, 7) is 1.58. The molecule has 2 rings (SSSR count). The van der Waals surface area contributed by atoms with E-state index < -0.39 is 10.8 Å². The zero-order valence-corrected chi connectivity index (χ0v) is 11.2. The highest BCUT2D eigenvalue weighted by atomic mass is 35.5. The number of carbonyl (C=O) groups is 1. The molecule has 0 radical (unpaired) electrons. The Morgan fingerprint density at radius 2 is 2.10 bits per heavy atom. The first-order valence-corrected chi connectivity index (χ1v) is 6.04. The van der Waals surface area contributed by atoms with Gasteiger partial charge in [0.1, 0.15) is 11.0 Å². The van der Waals surface area contributed by atoms with Gasteiger partial charge in [-0.1, -0.05) is 17.7 Å². The van der Waals surface area contributed by atoms with E-state index in [1.807, 2.05) is 0 Å². The van der Waals surface area contributed by atoms with Crippen molar-refractivity contribution in [1.82, 2.24) is 4.98 Å². The van der Waals surface area contributed by atoms with Gasteiger partial charge >= 0.3 is 0 Å². The number of nitrogens with zero attached hydrogens (tertiary/aromatic N) is 2. The largest absolute Gasteiger partial charge is 0.307 e. The van der Waals surface area contributed by atoms with Gasteiger partial charge in [-0.15, -0.1) is 0 Å². The third kappa shape index (κ3) is 3.10. The molecule has 7 heteroatoms. The van der Waals surface area contributed by atoms with E-state index in [0.717, 1.165) is 0 Å². The minimum Gasteiger partial charge on any atom is -0.307 e. The summed E-state index contributed by atoms with van der Waals surface area (Å²) in [6.07, 6.45) is 0. The Morgan fingerprint density at radius 3 is 2.70 bits per heavy atom. The monoisotopic (exact) mass is 291 g/mol. The van der Waals surface area contributed by atoms with Crippen molar-refractivity contribution in [3.63, 3.8) is 0 Å². The molecule has 0 aliphatic rings. The lowest BCUT2D eigenvalue weighted by Crippen LogP contribution is -2.13. The molecule has 1 heterocycles. The molecular weight excluding hydrogens is 282 g/mol. The van der Waals surface area contributed by atoms with Crippen LogP contribution in [0.4, 0.5) is 11.5 Å². The number of nitrogens with one attached hydrogen (secondary N) is 1. The third-order valence-corrected chi connectivity index (χ3v) is 2.82. The molecule has 0 aliphatic carbocycles. The van der Waals surface area contributed by atoms with Gasteiger partial charge in [-0.05, 0) is 31.2 Å². The molecule has 0 saturated heterocycles. The van der Waals surface area contributed by atoms with E-state index >= 15 is 0 Å². The standard InChI is InChI=1S/C13H10ClN3O3/c1-8-7-9(5-6-10(8)17(19)20)13(18)16-12-4-2-3-11(14)15-12/h2-7H,1H3,(H,15,16,18). The van der Waals surface area contributed by atoms with Crippen LogP contribution >= 0.6 is 11.6 Å². The summed E-state index contributed by atoms with van der Waals surface area (Å²) in [5.74, 6) is -0.0868. The quantitative estimate of drug-likeness (QED) is 0.534. The summed E-state index contributed by atoms with van der Waals surface area (Å²) >= 11 is 5.72. The van der Waals surface area contributed by atoms with Gasteiger partial charge in [0, 0.05) is 17.2 Å². The fourth-order valence-corrected chi connectivity index (χ4v) is 1.83. The Morgan fingerprint density at radius 1 is 1.35 bits per heavy atom. The zero-order chi connectivity index (χ0) is 14.7. The molecule has 0 aliphatic heterocycles. The first-order valence-electron chi connectivity index (χ1n) is 5.66. The summed E-state index contributed by atoms with van der Waals surface area (Å²) in [7, 11) is 0. The highest BCUT2D eigenvalue weighted by Gasteiger charge is 2.14. The van der Waals surface area contributed by atoms with Crippen molar-refractivity contribution >= 4 is 29.0 Å². The second-order valence-corrected chi connectivity index (χ2v) is 4.45. The molecule has 1 N–H and O–H groups in total. The van der Waals surface area contributed by atoms with Gasteiger partial charge < -0.3 is 5.32 Å². The number of benzene rings is 1. The molecule has 0 saturated carbocycles. The highest BCUT2D eigenvalue weighted by molar-refractivity contribution is 6.29. The SMILES string of the molecule is Cc1cc(C(=O)Nc2cccc(Cl)n2)ccc1[N+](=O)[O-]. The van der Waals surface area contributed by atoms with Gasteiger partial charge in [-0.3, -0.25) is 14.9 Å². The number of halogens is 1. The predicted molar refractivity (Wildman–Crippen MR) is 75.0 cm³/mol. The van der Waals surface area contributed by atoms with Crippen molar-refractivity contribution in [1.29, 1.82) is 0 Å². The number of hydrogen-bond acceptors (Lipinski definition) is 4. The van der Waals surface area contributed by atoms with E-state index in [1.165, 1.54) is 18.2 Å². The summed E-state index contributed by atoms with van der Waals surface area (Å²) in [5.41, 5.74) is 0.707. The molecule has 0 fully saturated rings. The van der Waals surface area contributed by atoms with E-state index in [1.54, 1.807) is 25.1 Å². The summed E-state index contributed by atoms with van der Waals surface area (Å²) < 4.78 is 0. The van der Waals surface area contributed by atoms with Crippen molar-refractivity contribution in [3.05, 3.63) is 62.8 Å². The van der Waals surface area contributed by atoms with Crippen molar-refractivity contribution in [3.8, 4) is 0 Å². The average Bonchev–Trinajstić information content (AvgIpc) is 2.38. The van der Waals surface area contributed by atoms with Crippen molar-refractivity contribution in [2.45, 2.75) is 6.92 Å². The van der Waals surface area contributed by atoms with Crippen LogP contribution in [0, 0.1) is 17.0 Å². The Bertz CT molecular complexity index is 688. The number of aromatic nitrogens is 1. The van der Waals surface area contributed by atoms with E-state index in [9.17, 15) is 14.9 Å². The molecule has 1 aromatic carbocycles. The summed E-state index contributed by atoms with van der Waals surface area (Å²) in [4.78, 5) is 26.1. The van der Waals surface area contributed by atoms with Crippen molar-refractivity contribution < 1.29 is 9.72 Å². The number of carbonyl (C=O) groups excluding carboxylic acids is 1. The lowest BCUT2D eigenvalue weighted by molar-refractivity contribution is -0.385. The fraction of sp³-hybridized carbons (Fsp3) is 0.0769. The van der Waals surface area contributed by atoms with E-state index in [2.05, 4.69) is 10.3 Å². The number of nitro benzene ring substituents is 1. The zero-order valence-electron chi connectivity index (χ0n) is 10.5. The van der Waals surface area contributed by atoms with Crippen LogP contribution in [0.2, 0.25) is 5.15 Å². The van der Waals surface area contributed by atoms with Gasteiger partial charge in [0.05, 0.1) is 4.92 Å². The molecule has 2 aromatic rings. The normalized spacial score (nSPS) is 10.1. The number of pyridine rings is 1. The minimum absolute atomic E-state index is 0.0255. The molecular formula is C13H10ClN3O3. The first-order chi connectivity index (χ1) is 9.47. The second-order valence-electron chi connectivity index (χ2n) is 4.06. The van der Waals surface area contributed by atoms with Crippen LogP contribution < -0.4 is 5.32 Å². The maximum Gasteiger partial charge on any atom is 0.272 e. The van der Waals surface area contributed by atoms with E-state index in [4.69, 9.17) is 11.6 Å². The number of anilines is 1. The van der Waals surface area contributed by atoms with Gasteiger partial charge in [0.15, 0.2) is 0 Å². The Hall–Kier alpha value is -2.47. The van der Waals surface area contributed by atoms with Crippen LogP contribution in [0.5, 0.6) is 0 Å². The summed E-state index contributed by atoms with van der Waals surface area (Å²) in [6, 6.07) is 9.00. The fourth-order valence-electron chi connectivity index (χ4n) is 1.67. The molecule has 0 atom stereocenters. The molecule has 0 unspecified atom stereocenters. The van der Waals surface area contributed by atoms with Crippen LogP contribution in [0.3, 0.4) is 0 Å². The number of nitro groups is 1. The van der Waals surface area contributed by atoms with Crippen LogP contribution in [0.1, 0.15) is 15.9 Å². The smallest absolute Gasteiger partial charge is 0.272 e. The Labute approximate surface area is 119 Å². The van der Waals surface area contributed by atoms with Crippen molar-refractivity contribution in [2.24, 2.45) is 0 Å². The van der Waals surface area contributed by atoms with Gasteiger partial charge in [-0.2, -0.15) is 0 Å². The average molecular weight is 292 g/mol. The molecule has 102 valence electrons. The lowest BCUT2D eigenvalue weighted by Gasteiger charge is -2.05. The molecule has 20 heavy (non-hydrogen) atoms. The molecule has 6 nitrogen and oxygen atoms in total. The van der Waals surface area contributed by atoms with Gasteiger partial charge in [0.25, 0.3) is 11.6 Å².